The van der Waals surface area contributed by atoms with Gasteiger partial charge in [-0.25, -0.2) is 9.97 Å². The van der Waals surface area contributed by atoms with Gasteiger partial charge in [0.25, 0.3) is 5.91 Å². The molecule has 3 heterocycles. The minimum atomic E-state index is -0.632. The Kier molecular flexibility index (Phi) is 7.32. The molecule has 7 rings (SSSR count). The first-order valence-corrected chi connectivity index (χ1v) is 14.5. The SMILES string of the molecule is C=C(CCF)C(=O)N(CC12CCC(c3ccc(C4(C#N)CC4)cc3)(CC1)OC2)c1cccc(-c2cnc(OC)nc2)c1. The molecule has 7 nitrogen and oxygen atoms in total. The van der Waals surface area contributed by atoms with Gasteiger partial charge in [-0.2, -0.15) is 5.26 Å². The number of anilines is 1. The van der Waals surface area contributed by atoms with Gasteiger partial charge in [0.15, 0.2) is 0 Å². The molecule has 0 atom stereocenters. The van der Waals surface area contributed by atoms with Crippen molar-refractivity contribution in [2.75, 3.05) is 31.8 Å². The molecule has 2 saturated heterocycles. The lowest BCUT2D eigenvalue weighted by Crippen LogP contribution is -2.54. The summed E-state index contributed by atoms with van der Waals surface area (Å²) in [5.41, 5.74) is 4.01. The van der Waals surface area contributed by atoms with E-state index in [0.717, 1.165) is 60.8 Å². The van der Waals surface area contributed by atoms with Crippen molar-refractivity contribution in [3.05, 3.63) is 84.2 Å². The maximum atomic E-state index is 13.7. The van der Waals surface area contributed by atoms with E-state index in [2.05, 4.69) is 46.9 Å². The zero-order chi connectivity index (χ0) is 29.4. The third-order valence-corrected chi connectivity index (χ3v) is 9.44. The second kappa shape index (κ2) is 11.0. The van der Waals surface area contributed by atoms with Gasteiger partial charge in [-0.1, -0.05) is 43.0 Å². The molecule has 2 saturated carbocycles. The molecule has 4 aliphatic rings. The number of rotatable bonds is 10. The van der Waals surface area contributed by atoms with Crippen LogP contribution in [0.1, 0.15) is 56.1 Å². The fourth-order valence-corrected chi connectivity index (χ4v) is 6.47. The molecule has 0 unspecified atom stereocenters. The summed E-state index contributed by atoms with van der Waals surface area (Å²) in [5, 5.41) is 9.57. The molecule has 0 radical (unpaired) electrons. The number of halogens is 1. The van der Waals surface area contributed by atoms with Crippen molar-refractivity contribution < 1.29 is 18.7 Å². The van der Waals surface area contributed by atoms with E-state index in [1.54, 1.807) is 17.3 Å². The summed E-state index contributed by atoms with van der Waals surface area (Å²) in [6, 6.07) is 18.9. The Labute approximate surface area is 246 Å². The van der Waals surface area contributed by atoms with E-state index in [9.17, 15) is 14.4 Å². The maximum Gasteiger partial charge on any atom is 0.316 e. The number of fused-ring (bicyclic) bond motifs is 3. The maximum absolute atomic E-state index is 13.7. The minimum absolute atomic E-state index is 0.00294. The van der Waals surface area contributed by atoms with Crippen LogP contribution in [-0.2, 0) is 20.5 Å². The number of carbonyl (C=O) groups excluding carboxylic acids is 1. The van der Waals surface area contributed by atoms with Crippen LogP contribution in [0.25, 0.3) is 11.1 Å². The Bertz CT molecular complexity index is 1500. The van der Waals surface area contributed by atoms with Gasteiger partial charge in [0, 0.05) is 47.6 Å². The topological polar surface area (TPSA) is 88.3 Å². The number of alkyl halides is 1. The van der Waals surface area contributed by atoms with Gasteiger partial charge in [-0.05, 0) is 67.3 Å². The first kappa shape index (κ1) is 28.0. The van der Waals surface area contributed by atoms with E-state index in [1.165, 1.54) is 7.11 Å². The molecule has 3 aromatic rings. The number of carbonyl (C=O) groups is 1. The quantitative estimate of drug-likeness (QED) is 0.262. The normalized spacial score (nSPS) is 23.5. The second-order valence-electron chi connectivity index (χ2n) is 12.0. The molecular weight excluding hydrogens is 531 g/mol. The third kappa shape index (κ3) is 5.07. The van der Waals surface area contributed by atoms with Crippen LogP contribution in [0.3, 0.4) is 0 Å². The highest BCUT2D eigenvalue weighted by Gasteiger charge is 2.52. The molecule has 2 aliphatic heterocycles. The Balaban J connectivity index is 1.23. The highest BCUT2D eigenvalue weighted by Crippen LogP contribution is 2.55. The van der Waals surface area contributed by atoms with Crippen LogP contribution in [0, 0.1) is 16.7 Å². The molecule has 8 heteroatoms. The van der Waals surface area contributed by atoms with Crippen molar-refractivity contribution in [2.45, 2.75) is 56.0 Å². The van der Waals surface area contributed by atoms with E-state index in [4.69, 9.17) is 9.47 Å². The smallest absolute Gasteiger partial charge is 0.316 e. The molecule has 0 spiro atoms. The molecule has 216 valence electrons. The van der Waals surface area contributed by atoms with Crippen molar-refractivity contribution in [1.29, 1.82) is 5.26 Å². The van der Waals surface area contributed by atoms with Gasteiger partial charge in [0.2, 0.25) is 0 Å². The molecule has 2 bridgehead atoms. The zero-order valence-corrected chi connectivity index (χ0v) is 23.9. The number of hydrogen-bond acceptors (Lipinski definition) is 6. The first-order valence-electron chi connectivity index (χ1n) is 14.5. The largest absolute Gasteiger partial charge is 0.467 e. The predicted octanol–water partition coefficient (Wildman–Crippen LogP) is 6.44. The molecule has 0 N–H and O–H groups in total. The standard InChI is InChI=1S/C34H35FN4O3/c1-24(10-17-35)30(40)39(29-5-3-4-25(18-29)26-19-37-31(41-2)38-20-26)22-32-11-15-34(16-12-32,42-23-32)28-8-6-27(7-9-28)33(21-36)13-14-33/h3-9,18-20H,1,10-17,22-23H2,2H3. The Morgan fingerprint density at radius 1 is 1.05 bits per heavy atom. The van der Waals surface area contributed by atoms with Gasteiger partial charge < -0.3 is 14.4 Å². The second-order valence-corrected chi connectivity index (χ2v) is 12.0. The van der Waals surface area contributed by atoms with E-state index >= 15 is 0 Å². The van der Waals surface area contributed by atoms with Crippen LogP contribution in [0.5, 0.6) is 6.01 Å². The summed E-state index contributed by atoms with van der Waals surface area (Å²) >= 11 is 0. The number of ether oxygens (including phenoxy) is 2. The Morgan fingerprint density at radius 2 is 1.74 bits per heavy atom. The lowest BCUT2D eigenvalue weighted by atomic mass is 9.64. The van der Waals surface area contributed by atoms with Crippen LogP contribution in [-0.4, -0.2) is 42.8 Å². The number of amides is 1. The lowest BCUT2D eigenvalue weighted by Gasteiger charge is -2.54. The predicted molar refractivity (Wildman–Crippen MR) is 158 cm³/mol. The molecule has 1 amide bonds. The number of benzene rings is 2. The summed E-state index contributed by atoms with van der Waals surface area (Å²) in [7, 11) is 1.52. The van der Waals surface area contributed by atoms with Gasteiger partial charge in [0.1, 0.15) is 0 Å². The van der Waals surface area contributed by atoms with E-state index in [-0.39, 0.29) is 40.3 Å². The van der Waals surface area contributed by atoms with Crippen LogP contribution >= 0.6 is 0 Å². The van der Waals surface area contributed by atoms with Crippen LogP contribution in [0.4, 0.5) is 10.1 Å². The summed E-state index contributed by atoms with van der Waals surface area (Å²) in [5.74, 6) is -0.269. The number of hydrogen-bond donors (Lipinski definition) is 0. The van der Waals surface area contributed by atoms with Gasteiger partial charge in [-0.3, -0.25) is 9.18 Å². The van der Waals surface area contributed by atoms with Gasteiger partial charge in [0.05, 0.1) is 37.5 Å². The molecular formula is C34H35FN4O3. The van der Waals surface area contributed by atoms with Crippen molar-refractivity contribution in [3.63, 3.8) is 0 Å². The van der Waals surface area contributed by atoms with Crippen molar-refractivity contribution >= 4 is 11.6 Å². The summed E-state index contributed by atoms with van der Waals surface area (Å²) in [6.07, 6.45) is 8.74. The highest BCUT2D eigenvalue weighted by molar-refractivity contribution is 6.05. The third-order valence-electron chi connectivity index (χ3n) is 9.44. The molecule has 4 fully saturated rings. The van der Waals surface area contributed by atoms with E-state index in [0.29, 0.717) is 18.8 Å². The summed E-state index contributed by atoms with van der Waals surface area (Å²) in [4.78, 5) is 23.9. The fourth-order valence-electron chi connectivity index (χ4n) is 6.47. The van der Waals surface area contributed by atoms with Crippen LogP contribution < -0.4 is 9.64 Å². The monoisotopic (exact) mass is 566 g/mol. The highest BCUT2D eigenvalue weighted by atomic mass is 19.1. The van der Waals surface area contributed by atoms with Gasteiger partial charge >= 0.3 is 6.01 Å². The molecule has 2 aliphatic carbocycles. The Hall–Kier alpha value is -4.09. The average molecular weight is 567 g/mol. The number of nitriles is 1. The van der Waals surface area contributed by atoms with Crippen LogP contribution in [0.15, 0.2) is 73.1 Å². The van der Waals surface area contributed by atoms with Crippen molar-refractivity contribution in [1.82, 2.24) is 9.97 Å². The zero-order valence-electron chi connectivity index (χ0n) is 23.9. The lowest BCUT2D eigenvalue weighted by molar-refractivity contribution is -0.186. The Morgan fingerprint density at radius 3 is 2.31 bits per heavy atom. The fraction of sp³-hybridized carbons (Fsp3) is 0.412. The molecule has 42 heavy (non-hydrogen) atoms. The summed E-state index contributed by atoms with van der Waals surface area (Å²) in [6.45, 7) is 4.27. The van der Waals surface area contributed by atoms with Crippen LogP contribution in [0.2, 0.25) is 0 Å². The number of methoxy groups -OCH3 is 1. The van der Waals surface area contributed by atoms with E-state index < -0.39 is 6.67 Å². The average Bonchev–Trinajstić information content (AvgIpc) is 3.86. The van der Waals surface area contributed by atoms with Gasteiger partial charge in [-0.15, -0.1) is 0 Å². The molecule has 1 aromatic heterocycles. The van der Waals surface area contributed by atoms with Crippen molar-refractivity contribution in [2.24, 2.45) is 5.41 Å². The summed E-state index contributed by atoms with van der Waals surface area (Å²) < 4.78 is 25.0. The van der Waals surface area contributed by atoms with Crippen molar-refractivity contribution in [3.8, 4) is 23.2 Å². The van der Waals surface area contributed by atoms with E-state index in [1.807, 2.05) is 24.3 Å². The minimum Gasteiger partial charge on any atom is -0.467 e. The molecule has 2 aromatic carbocycles. The number of aromatic nitrogens is 2. The number of nitrogens with zero attached hydrogens (tertiary/aromatic N) is 4. The first-order chi connectivity index (χ1) is 20.3.